The van der Waals surface area contributed by atoms with Gasteiger partial charge in [-0.15, -0.1) is 0 Å². The number of likely N-dealkylation sites (N-methyl/N-ethyl adjacent to an activating group) is 2. The van der Waals surface area contributed by atoms with Crippen molar-refractivity contribution >= 4 is 0 Å². The van der Waals surface area contributed by atoms with Crippen LogP contribution >= 0.6 is 0 Å². The number of ether oxygens (including phenoxy) is 1. The zero-order valence-corrected chi connectivity index (χ0v) is 11.9. The van der Waals surface area contributed by atoms with Crippen LogP contribution in [-0.4, -0.2) is 44.3 Å². The fourth-order valence-electron chi connectivity index (χ4n) is 3.64. The Morgan fingerprint density at radius 2 is 2.11 bits per heavy atom. The van der Waals surface area contributed by atoms with Crippen molar-refractivity contribution < 1.29 is 4.74 Å². The first-order valence-corrected chi connectivity index (χ1v) is 7.36. The summed E-state index contributed by atoms with van der Waals surface area (Å²) in [4.78, 5) is 2.55. The minimum Gasteiger partial charge on any atom is -0.380 e. The van der Waals surface area contributed by atoms with E-state index in [1.54, 1.807) is 0 Å². The first kappa shape index (κ1) is 13.1. The molecule has 1 aromatic rings. The molecule has 0 aromatic heterocycles. The maximum atomic E-state index is 5.55. The van der Waals surface area contributed by atoms with Crippen molar-refractivity contribution in [2.45, 2.75) is 37.4 Å². The highest BCUT2D eigenvalue weighted by atomic mass is 16.5. The van der Waals surface area contributed by atoms with Gasteiger partial charge in [0, 0.05) is 24.7 Å². The summed E-state index contributed by atoms with van der Waals surface area (Å²) in [5.41, 5.74) is 2.99. The molecule has 3 nitrogen and oxygen atoms in total. The SMILES string of the molecule is CNC1c2ccccc2CCC1N(C)C1CCOC1. The van der Waals surface area contributed by atoms with E-state index in [-0.39, 0.29) is 0 Å². The van der Waals surface area contributed by atoms with E-state index in [0.717, 1.165) is 13.2 Å². The molecule has 1 aliphatic carbocycles. The van der Waals surface area contributed by atoms with Crippen LogP contribution in [0, 0.1) is 0 Å². The van der Waals surface area contributed by atoms with Gasteiger partial charge in [0.15, 0.2) is 0 Å². The van der Waals surface area contributed by atoms with Crippen LogP contribution in [0.15, 0.2) is 24.3 Å². The molecule has 1 fully saturated rings. The zero-order valence-electron chi connectivity index (χ0n) is 11.9. The van der Waals surface area contributed by atoms with Crippen molar-refractivity contribution in [3.05, 3.63) is 35.4 Å². The third kappa shape index (κ3) is 2.42. The van der Waals surface area contributed by atoms with Crippen LogP contribution in [0.4, 0.5) is 0 Å². The summed E-state index contributed by atoms with van der Waals surface area (Å²) in [7, 11) is 4.35. The fourth-order valence-corrected chi connectivity index (χ4v) is 3.64. The average Bonchev–Trinajstić information content (AvgIpc) is 2.99. The molecule has 3 rings (SSSR count). The summed E-state index contributed by atoms with van der Waals surface area (Å²) >= 11 is 0. The average molecular weight is 260 g/mol. The fraction of sp³-hybridized carbons (Fsp3) is 0.625. The summed E-state index contributed by atoms with van der Waals surface area (Å²) in [6, 6.07) is 10.5. The number of nitrogens with one attached hydrogen (secondary N) is 1. The number of hydrogen-bond donors (Lipinski definition) is 1. The van der Waals surface area contributed by atoms with Crippen LogP contribution in [0.2, 0.25) is 0 Å². The molecule has 1 heterocycles. The standard InChI is InChI=1S/C16H24N2O/c1-17-16-14-6-4-3-5-12(14)7-8-15(16)18(2)13-9-10-19-11-13/h3-6,13,15-17H,7-11H2,1-2H3. The van der Waals surface area contributed by atoms with Gasteiger partial charge < -0.3 is 10.1 Å². The van der Waals surface area contributed by atoms with Crippen LogP contribution in [0.25, 0.3) is 0 Å². The summed E-state index contributed by atoms with van der Waals surface area (Å²) in [5.74, 6) is 0. The summed E-state index contributed by atoms with van der Waals surface area (Å²) in [5, 5.41) is 3.53. The molecule has 0 bridgehead atoms. The van der Waals surface area contributed by atoms with E-state index in [1.807, 2.05) is 0 Å². The molecule has 19 heavy (non-hydrogen) atoms. The number of benzene rings is 1. The van der Waals surface area contributed by atoms with Gasteiger partial charge in [-0.05, 0) is 44.5 Å². The van der Waals surface area contributed by atoms with E-state index in [1.165, 1.54) is 30.4 Å². The summed E-state index contributed by atoms with van der Waals surface area (Å²) in [6.07, 6.45) is 3.59. The molecule has 1 aromatic carbocycles. The van der Waals surface area contributed by atoms with Gasteiger partial charge in [-0.2, -0.15) is 0 Å². The normalized spacial score (nSPS) is 30.6. The number of fused-ring (bicyclic) bond motifs is 1. The number of nitrogens with zero attached hydrogens (tertiary/aromatic N) is 1. The minimum atomic E-state index is 0.440. The van der Waals surface area contributed by atoms with Gasteiger partial charge >= 0.3 is 0 Å². The summed E-state index contributed by atoms with van der Waals surface area (Å²) in [6.45, 7) is 1.81. The second kappa shape index (κ2) is 5.61. The van der Waals surface area contributed by atoms with Gasteiger partial charge in [-0.1, -0.05) is 24.3 Å². The highest BCUT2D eigenvalue weighted by Gasteiger charge is 2.34. The zero-order chi connectivity index (χ0) is 13.2. The molecule has 3 heteroatoms. The lowest BCUT2D eigenvalue weighted by Crippen LogP contribution is -2.49. The van der Waals surface area contributed by atoms with Crippen molar-refractivity contribution in [3.8, 4) is 0 Å². The Balaban J connectivity index is 1.83. The van der Waals surface area contributed by atoms with Gasteiger partial charge in [0.05, 0.1) is 6.61 Å². The molecule has 1 saturated heterocycles. The monoisotopic (exact) mass is 260 g/mol. The highest BCUT2D eigenvalue weighted by Crippen LogP contribution is 2.33. The largest absolute Gasteiger partial charge is 0.380 e. The van der Waals surface area contributed by atoms with E-state index in [9.17, 15) is 0 Å². The van der Waals surface area contributed by atoms with Crippen LogP contribution < -0.4 is 5.32 Å². The third-order valence-corrected chi connectivity index (χ3v) is 4.80. The maximum absolute atomic E-state index is 5.55. The molecule has 3 atom stereocenters. The Morgan fingerprint density at radius 3 is 2.84 bits per heavy atom. The van der Waals surface area contributed by atoms with Crippen LogP contribution in [0.5, 0.6) is 0 Å². The quantitative estimate of drug-likeness (QED) is 0.899. The van der Waals surface area contributed by atoms with E-state index in [0.29, 0.717) is 18.1 Å². The smallest absolute Gasteiger partial charge is 0.0622 e. The topological polar surface area (TPSA) is 24.5 Å². The molecular formula is C16H24N2O. The Bertz CT molecular complexity index is 429. The lowest BCUT2D eigenvalue weighted by Gasteiger charge is -2.41. The molecule has 104 valence electrons. The lowest BCUT2D eigenvalue weighted by molar-refractivity contribution is 0.105. The molecule has 3 unspecified atom stereocenters. The third-order valence-electron chi connectivity index (χ3n) is 4.80. The maximum Gasteiger partial charge on any atom is 0.0622 e. The lowest BCUT2D eigenvalue weighted by atomic mass is 9.83. The number of aryl methyl sites for hydroxylation is 1. The molecule has 1 N–H and O–H groups in total. The summed E-state index contributed by atoms with van der Waals surface area (Å²) < 4.78 is 5.55. The minimum absolute atomic E-state index is 0.440. The van der Waals surface area contributed by atoms with E-state index in [4.69, 9.17) is 4.74 Å². The molecule has 0 radical (unpaired) electrons. The van der Waals surface area contributed by atoms with E-state index >= 15 is 0 Å². The van der Waals surface area contributed by atoms with Crippen molar-refractivity contribution in [1.29, 1.82) is 0 Å². The van der Waals surface area contributed by atoms with Crippen LogP contribution in [0.3, 0.4) is 0 Å². The van der Waals surface area contributed by atoms with Crippen molar-refractivity contribution in [1.82, 2.24) is 10.2 Å². The van der Waals surface area contributed by atoms with E-state index in [2.05, 4.69) is 48.6 Å². The van der Waals surface area contributed by atoms with Gasteiger partial charge in [0.1, 0.15) is 0 Å². The predicted octanol–water partition coefficient (Wildman–Crippen LogP) is 1.98. The highest BCUT2D eigenvalue weighted by molar-refractivity contribution is 5.34. The van der Waals surface area contributed by atoms with Gasteiger partial charge in [0.2, 0.25) is 0 Å². The first-order chi connectivity index (χ1) is 9.31. The number of hydrogen-bond acceptors (Lipinski definition) is 3. The Kier molecular flexibility index (Phi) is 3.87. The first-order valence-electron chi connectivity index (χ1n) is 7.36. The van der Waals surface area contributed by atoms with Crippen molar-refractivity contribution in [2.24, 2.45) is 0 Å². The second-order valence-corrected chi connectivity index (χ2v) is 5.75. The van der Waals surface area contributed by atoms with Gasteiger partial charge in [-0.25, -0.2) is 0 Å². The second-order valence-electron chi connectivity index (χ2n) is 5.75. The Morgan fingerprint density at radius 1 is 1.26 bits per heavy atom. The van der Waals surface area contributed by atoms with E-state index < -0.39 is 0 Å². The molecular weight excluding hydrogens is 236 g/mol. The molecule has 0 saturated carbocycles. The number of rotatable bonds is 3. The molecule has 2 aliphatic rings. The van der Waals surface area contributed by atoms with Gasteiger partial charge in [-0.3, -0.25) is 4.90 Å². The Hall–Kier alpha value is -0.900. The Labute approximate surface area is 115 Å². The van der Waals surface area contributed by atoms with Crippen LogP contribution in [-0.2, 0) is 11.2 Å². The predicted molar refractivity (Wildman–Crippen MR) is 77.3 cm³/mol. The van der Waals surface area contributed by atoms with Crippen molar-refractivity contribution in [3.63, 3.8) is 0 Å². The molecule has 1 aliphatic heterocycles. The molecule has 0 spiro atoms. The van der Waals surface area contributed by atoms with Gasteiger partial charge in [0.25, 0.3) is 0 Å². The molecule has 0 amide bonds. The van der Waals surface area contributed by atoms with Crippen molar-refractivity contribution in [2.75, 3.05) is 27.3 Å². The van der Waals surface area contributed by atoms with Crippen LogP contribution in [0.1, 0.15) is 30.0 Å².